The molecule has 66 valence electrons. The standard InChI is InChI=1S/C8H16.CH3NO/c1-7(2)8-5-3-4-6-8;2-1-3/h7-8H,3-6H2,1-2H3;1H,(H2,2,3). The molecule has 0 atom stereocenters. The van der Waals surface area contributed by atoms with Crippen molar-refractivity contribution < 1.29 is 4.79 Å². The third-order valence-corrected chi connectivity index (χ3v) is 2.34. The molecule has 0 aliphatic heterocycles. The van der Waals surface area contributed by atoms with E-state index in [-0.39, 0.29) is 6.41 Å². The second-order valence-electron chi connectivity index (χ2n) is 3.42. The van der Waals surface area contributed by atoms with Gasteiger partial charge in [0.05, 0.1) is 0 Å². The van der Waals surface area contributed by atoms with Gasteiger partial charge < -0.3 is 5.73 Å². The molecule has 0 unspecified atom stereocenters. The van der Waals surface area contributed by atoms with Gasteiger partial charge in [-0.3, -0.25) is 4.79 Å². The minimum Gasteiger partial charge on any atom is -0.372 e. The van der Waals surface area contributed by atoms with E-state index < -0.39 is 0 Å². The van der Waals surface area contributed by atoms with E-state index in [0.717, 1.165) is 11.8 Å². The Morgan fingerprint density at radius 3 is 1.91 bits per heavy atom. The summed E-state index contributed by atoms with van der Waals surface area (Å²) >= 11 is 0. The number of rotatable bonds is 1. The van der Waals surface area contributed by atoms with Gasteiger partial charge in [-0.25, -0.2) is 0 Å². The average Bonchev–Trinajstić information content (AvgIpc) is 2.38. The maximum atomic E-state index is 8.58. The van der Waals surface area contributed by atoms with Gasteiger partial charge in [0.15, 0.2) is 0 Å². The van der Waals surface area contributed by atoms with Gasteiger partial charge in [-0.1, -0.05) is 39.5 Å². The van der Waals surface area contributed by atoms with Crippen molar-refractivity contribution in [2.75, 3.05) is 0 Å². The van der Waals surface area contributed by atoms with Crippen molar-refractivity contribution in [2.24, 2.45) is 17.6 Å². The van der Waals surface area contributed by atoms with Gasteiger partial charge in [-0.05, 0) is 11.8 Å². The predicted octanol–water partition coefficient (Wildman–Crippen LogP) is 1.93. The Balaban J connectivity index is 0.000000292. The number of carbonyl (C=O) groups excluding carboxylic acids is 1. The molecule has 1 rings (SSSR count). The van der Waals surface area contributed by atoms with Crippen LogP contribution in [-0.4, -0.2) is 6.41 Å². The first-order valence-corrected chi connectivity index (χ1v) is 4.37. The van der Waals surface area contributed by atoms with E-state index in [1.807, 2.05) is 0 Å². The molecule has 2 nitrogen and oxygen atoms in total. The maximum Gasteiger partial charge on any atom is 0.204 e. The fourth-order valence-electron chi connectivity index (χ4n) is 1.62. The second-order valence-corrected chi connectivity index (χ2v) is 3.42. The fourth-order valence-corrected chi connectivity index (χ4v) is 1.62. The van der Waals surface area contributed by atoms with Crippen LogP contribution < -0.4 is 5.73 Å². The zero-order valence-corrected chi connectivity index (χ0v) is 7.55. The van der Waals surface area contributed by atoms with Crippen LogP contribution in [0.15, 0.2) is 0 Å². The van der Waals surface area contributed by atoms with Crippen LogP contribution in [-0.2, 0) is 4.79 Å². The van der Waals surface area contributed by atoms with Gasteiger partial charge in [-0.15, -0.1) is 0 Å². The topological polar surface area (TPSA) is 43.1 Å². The molecule has 0 aromatic rings. The molecule has 0 saturated heterocycles. The lowest BCUT2D eigenvalue weighted by atomic mass is 9.95. The SMILES string of the molecule is CC(C)C1CCCC1.NC=O. The van der Waals surface area contributed by atoms with Crippen LogP contribution in [0, 0.1) is 11.8 Å². The number of nitrogens with two attached hydrogens (primary N) is 1. The lowest BCUT2D eigenvalue weighted by molar-refractivity contribution is -0.106. The third kappa shape index (κ3) is 4.82. The van der Waals surface area contributed by atoms with Crippen LogP contribution >= 0.6 is 0 Å². The monoisotopic (exact) mass is 157 g/mol. The summed E-state index contributed by atoms with van der Waals surface area (Å²) in [5, 5.41) is 0. The lowest BCUT2D eigenvalue weighted by Crippen LogP contribution is -2.01. The van der Waals surface area contributed by atoms with Crippen molar-refractivity contribution in [2.45, 2.75) is 39.5 Å². The summed E-state index contributed by atoms with van der Waals surface area (Å²) in [4.78, 5) is 8.58. The zero-order valence-electron chi connectivity index (χ0n) is 7.55. The van der Waals surface area contributed by atoms with Crippen molar-refractivity contribution >= 4 is 6.41 Å². The number of hydrogen-bond acceptors (Lipinski definition) is 1. The average molecular weight is 157 g/mol. The van der Waals surface area contributed by atoms with E-state index in [9.17, 15) is 0 Å². The highest BCUT2D eigenvalue weighted by Gasteiger charge is 2.17. The normalized spacial score (nSPS) is 17.7. The fraction of sp³-hybridized carbons (Fsp3) is 0.889. The summed E-state index contributed by atoms with van der Waals surface area (Å²) in [5.74, 6) is 2.01. The van der Waals surface area contributed by atoms with E-state index >= 15 is 0 Å². The van der Waals surface area contributed by atoms with Crippen LogP contribution in [0.3, 0.4) is 0 Å². The van der Waals surface area contributed by atoms with E-state index in [1.165, 1.54) is 25.7 Å². The molecule has 2 N–H and O–H groups in total. The van der Waals surface area contributed by atoms with Gasteiger partial charge in [0.25, 0.3) is 0 Å². The van der Waals surface area contributed by atoms with Crippen LogP contribution in [0.25, 0.3) is 0 Å². The molecule has 0 aromatic carbocycles. The highest BCUT2D eigenvalue weighted by atomic mass is 16.1. The van der Waals surface area contributed by atoms with E-state index in [4.69, 9.17) is 4.79 Å². The van der Waals surface area contributed by atoms with Crippen molar-refractivity contribution in [1.82, 2.24) is 0 Å². The molecular weight excluding hydrogens is 138 g/mol. The number of primary amides is 1. The Morgan fingerprint density at radius 1 is 1.36 bits per heavy atom. The quantitative estimate of drug-likeness (QED) is 0.581. The Morgan fingerprint density at radius 2 is 1.73 bits per heavy atom. The van der Waals surface area contributed by atoms with E-state index in [2.05, 4.69) is 19.6 Å². The number of amides is 1. The van der Waals surface area contributed by atoms with Crippen molar-refractivity contribution in [3.8, 4) is 0 Å². The van der Waals surface area contributed by atoms with Crippen LogP contribution in [0.4, 0.5) is 0 Å². The Kier molecular flexibility index (Phi) is 5.90. The number of carbonyl (C=O) groups is 1. The molecular formula is C9H19NO. The van der Waals surface area contributed by atoms with E-state index in [1.54, 1.807) is 0 Å². The summed E-state index contributed by atoms with van der Waals surface area (Å²) < 4.78 is 0. The third-order valence-electron chi connectivity index (χ3n) is 2.34. The molecule has 11 heavy (non-hydrogen) atoms. The highest BCUT2D eigenvalue weighted by molar-refractivity contribution is 5.42. The Labute approximate surface area is 69.2 Å². The first-order valence-electron chi connectivity index (χ1n) is 4.37. The van der Waals surface area contributed by atoms with Crippen LogP contribution in [0.5, 0.6) is 0 Å². The smallest absolute Gasteiger partial charge is 0.204 e. The minimum absolute atomic E-state index is 0.250. The van der Waals surface area contributed by atoms with Crippen molar-refractivity contribution in [3.63, 3.8) is 0 Å². The van der Waals surface area contributed by atoms with Crippen LogP contribution in [0.1, 0.15) is 39.5 Å². The molecule has 0 heterocycles. The summed E-state index contributed by atoms with van der Waals surface area (Å²) in [5.41, 5.74) is 4.17. The highest BCUT2D eigenvalue weighted by Crippen LogP contribution is 2.30. The summed E-state index contributed by atoms with van der Waals surface area (Å²) in [6.07, 6.45) is 6.22. The molecule has 1 aliphatic rings. The predicted molar refractivity (Wildman–Crippen MR) is 47.0 cm³/mol. The largest absolute Gasteiger partial charge is 0.372 e. The lowest BCUT2D eigenvalue weighted by Gasteiger charge is -2.11. The van der Waals surface area contributed by atoms with Crippen LogP contribution in [0.2, 0.25) is 0 Å². The van der Waals surface area contributed by atoms with Gasteiger partial charge in [0.2, 0.25) is 6.41 Å². The maximum absolute atomic E-state index is 8.58. The summed E-state index contributed by atoms with van der Waals surface area (Å²) in [6.45, 7) is 4.69. The number of hydrogen-bond donors (Lipinski definition) is 1. The molecule has 0 radical (unpaired) electrons. The zero-order chi connectivity index (χ0) is 8.69. The molecule has 1 amide bonds. The molecule has 0 spiro atoms. The molecule has 2 heteroatoms. The Bertz CT molecular complexity index is 95.7. The first-order chi connectivity index (χ1) is 5.22. The summed E-state index contributed by atoms with van der Waals surface area (Å²) in [6, 6.07) is 0. The summed E-state index contributed by atoms with van der Waals surface area (Å²) in [7, 11) is 0. The van der Waals surface area contributed by atoms with Crippen molar-refractivity contribution in [1.29, 1.82) is 0 Å². The van der Waals surface area contributed by atoms with Gasteiger partial charge in [-0.2, -0.15) is 0 Å². The van der Waals surface area contributed by atoms with Crippen molar-refractivity contribution in [3.05, 3.63) is 0 Å². The molecule has 1 saturated carbocycles. The van der Waals surface area contributed by atoms with Gasteiger partial charge >= 0.3 is 0 Å². The van der Waals surface area contributed by atoms with E-state index in [0.29, 0.717) is 0 Å². The molecule has 0 aromatic heterocycles. The van der Waals surface area contributed by atoms with Gasteiger partial charge in [0, 0.05) is 0 Å². The Hall–Kier alpha value is -0.530. The molecule has 1 fully saturated rings. The molecule has 0 bridgehead atoms. The first kappa shape index (κ1) is 10.5. The van der Waals surface area contributed by atoms with Gasteiger partial charge in [0.1, 0.15) is 0 Å². The second kappa shape index (κ2) is 6.20. The minimum atomic E-state index is 0.250. The molecule has 1 aliphatic carbocycles.